The third-order valence-electron chi connectivity index (χ3n) is 5.89. The Hall–Kier alpha value is -4.55. The van der Waals surface area contributed by atoms with E-state index in [4.69, 9.17) is 4.74 Å². The van der Waals surface area contributed by atoms with Crippen LogP contribution in [0.2, 0.25) is 0 Å². The fourth-order valence-electron chi connectivity index (χ4n) is 4.01. The van der Waals surface area contributed by atoms with E-state index in [0.717, 1.165) is 16.4 Å². The molecule has 3 aromatic rings. The molecule has 1 amide bonds. The van der Waals surface area contributed by atoms with Crippen molar-refractivity contribution in [2.75, 3.05) is 7.11 Å². The van der Waals surface area contributed by atoms with Crippen LogP contribution in [0.3, 0.4) is 0 Å². The van der Waals surface area contributed by atoms with Gasteiger partial charge in [-0.3, -0.25) is 20.2 Å². The lowest BCUT2D eigenvalue weighted by Crippen LogP contribution is -2.32. The van der Waals surface area contributed by atoms with Gasteiger partial charge in [0.15, 0.2) is 17.3 Å². The second-order valence-corrected chi connectivity index (χ2v) is 9.97. The van der Waals surface area contributed by atoms with Gasteiger partial charge in [-0.15, -0.1) is 0 Å². The molecule has 0 saturated heterocycles. The monoisotopic (exact) mass is 557 g/mol. The van der Waals surface area contributed by atoms with E-state index in [-0.39, 0.29) is 29.4 Å². The number of alkyl halides is 3. The van der Waals surface area contributed by atoms with E-state index in [1.807, 2.05) is 32.9 Å². The normalized spacial score (nSPS) is 15.2. The van der Waals surface area contributed by atoms with Crippen molar-refractivity contribution in [2.24, 2.45) is 22.1 Å². The molecule has 2 heterocycles. The van der Waals surface area contributed by atoms with Crippen LogP contribution >= 0.6 is 0 Å². The number of hydrogen-bond acceptors (Lipinski definition) is 5. The van der Waals surface area contributed by atoms with Crippen molar-refractivity contribution in [3.05, 3.63) is 76.9 Å². The second-order valence-electron chi connectivity index (χ2n) is 9.97. The number of aryl methyl sites for hydroxylation is 1. The van der Waals surface area contributed by atoms with Gasteiger partial charge in [-0.2, -0.15) is 28.4 Å². The van der Waals surface area contributed by atoms with Crippen LogP contribution in [0.25, 0.3) is 0 Å². The van der Waals surface area contributed by atoms with Gasteiger partial charge >= 0.3 is 6.18 Å². The molecular formula is C27H27F4N7O2. The Morgan fingerprint density at radius 1 is 1.15 bits per heavy atom. The summed E-state index contributed by atoms with van der Waals surface area (Å²) >= 11 is 0. The molecule has 0 aliphatic carbocycles. The maximum Gasteiger partial charge on any atom is 0.435 e. The Morgan fingerprint density at radius 3 is 2.52 bits per heavy atom. The summed E-state index contributed by atoms with van der Waals surface area (Å²) in [6, 6.07) is 11.5. The van der Waals surface area contributed by atoms with Crippen molar-refractivity contribution >= 4 is 29.1 Å². The zero-order chi connectivity index (χ0) is 29.2. The highest BCUT2D eigenvalue weighted by Crippen LogP contribution is 2.32. The average Bonchev–Trinajstić information content (AvgIpc) is 3.50. The predicted molar refractivity (Wildman–Crippen MR) is 143 cm³/mol. The molecule has 0 bridgehead atoms. The first kappa shape index (κ1) is 28.5. The number of rotatable bonds is 4. The van der Waals surface area contributed by atoms with Gasteiger partial charge < -0.3 is 4.74 Å². The van der Waals surface area contributed by atoms with Crippen molar-refractivity contribution in [3.8, 4) is 5.75 Å². The number of para-hydroxylation sites is 1. The van der Waals surface area contributed by atoms with Gasteiger partial charge in [0, 0.05) is 18.8 Å². The number of halogens is 4. The van der Waals surface area contributed by atoms with Crippen LogP contribution in [0.15, 0.2) is 63.7 Å². The van der Waals surface area contributed by atoms with Crippen molar-refractivity contribution in [1.29, 1.82) is 0 Å². The van der Waals surface area contributed by atoms with Gasteiger partial charge in [0.1, 0.15) is 5.84 Å². The van der Waals surface area contributed by atoms with Gasteiger partial charge in [0.2, 0.25) is 5.96 Å². The molecule has 0 fully saturated rings. The second kappa shape index (κ2) is 10.9. The molecule has 0 spiro atoms. The molecule has 2 aromatic carbocycles. The summed E-state index contributed by atoms with van der Waals surface area (Å²) in [5.74, 6) is -1.61. The highest BCUT2D eigenvalue weighted by Gasteiger charge is 2.39. The highest BCUT2D eigenvalue weighted by atomic mass is 19.4. The van der Waals surface area contributed by atoms with Crippen molar-refractivity contribution in [1.82, 2.24) is 20.5 Å². The Labute approximate surface area is 227 Å². The summed E-state index contributed by atoms with van der Waals surface area (Å²) in [5.41, 5.74) is 2.58. The quantitative estimate of drug-likeness (QED) is 0.265. The first-order valence-electron chi connectivity index (χ1n) is 12.1. The number of nitrogens with one attached hydrogen (secondary N) is 2. The third kappa shape index (κ3) is 6.35. The molecule has 0 saturated carbocycles. The Kier molecular flexibility index (Phi) is 7.76. The number of hydrazone groups is 1. The summed E-state index contributed by atoms with van der Waals surface area (Å²) in [4.78, 5) is 21.9. The van der Waals surface area contributed by atoms with E-state index >= 15 is 0 Å². The van der Waals surface area contributed by atoms with Crippen LogP contribution < -0.4 is 15.5 Å². The first-order chi connectivity index (χ1) is 18.8. The van der Waals surface area contributed by atoms with E-state index in [0.29, 0.717) is 17.0 Å². The van der Waals surface area contributed by atoms with E-state index in [1.54, 1.807) is 18.2 Å². The molecule has 2 N–H and O–H groups in total. The predicted octanol–water partition coefficient (Wildman–Crippen LogP) is 5.10. The number of hydrogen-bond donors (Lipinski definition) is 2. The first-order valence-corrected chi connectivity index (χ1v) is 12.1. The fourth-order valence-corrected chi connectivity index (χ4v) is 4.01. The topological polar surface area (TPSA) is 105 Å². The molecule has 4 rings (SSSR count). The van der Waals surface area contributed by atoms with Crippen LogP contribution in [-0.4, -0.2) is 40.3 Å². The molecule has 1 aliphatic rings. The molecule has 0 atom stereocenters. The lowest BCUT2D eigenvalue weighted by atomic mass is 9.86. The highest BCUT2D eigenvalue weighted by molar-refractivity contribution is 6.18. The number of carbonyl (C=O) groups excluding carboxylic acids is 1. The van der Waals surface area contributed by atoms with Crippen molar-refractivity contribution in [3.63, 3.8) is 0 Å². The lowest BCUT2D eigenvalue weighted by molar-refractivity contribution is -0.141. The van der Waals surface area contributed by atoms with E-state index < -0.39 is 29.2 Å². The summed E-state index contributed by atoms with van der Waals surface area (Å²) in [7, 11) is 2.64. The van der Waals surface area contributed by atoms with E-state index in [1.165, 1.54) is 26.3 Å². The molecule has 13 heteroatoms. The van der Waals surface area contributed by atoms with E-state index in [2.05, 4.69) is 30.9 Å². The number of aliphatic imine (C=N–C) groups is 2. The van der Waals surface area contributed by atoms with Gasteiger partial charge in [0.25, 0.3) is 5.91 Å². The maximum atomic E-state index is 14.2. The zero-order valence-corrected chi connectivity index (χ0v) is 22.4. The van der Waals surface area contributed by atoms with Crippen LogP contribution in [0.4, 0.5) is 23.2 Å². The summed E-state index contributed by atoms with van der Waals surface area (Å²) in [6.45, 7) is 5.93. The number of aromatic nitrogens is 2. The number of amides is 1. The van der Waals surface area contributed by atoms with Gasteiger partial charge in [0.05, 0.1) is 30.5 Å². The SMILES string of the molecule is COc1ccc(C2=NNC(=NC(=Nc3ccccc3C(C)(C)C)NC(=O)c3cn(C)nc3C(F)(F)F)C2)cc1F. The number of guanidine groups is 1. The number of nitrogens with zero attached hydrogens (tertiary/aromatic N) is 5. The zero-order valence-electron chi connectivity index (χ0n) is 22.4. The van der Waals surface area contributed by atoms with Crippen LogP contribution in [0, 0.1) is 5.82 Å². The number of amidine groups is 1. The molecular weight excluding hydrogens is 530 g/mol. The number of ether oxygens (including phenoxy) is 1. The average molecular weight is 558 g/mol. The van der Waals surface area contributed by atoms with Crippen LogP contribution in [0.5, 0.6) is 5.75 Å². The standard InChI is InChI=1S/C27H27F4N7O2/c1-26(2,3)17-8-6-7-9-19(17)32-25(34-24(39)16-14-38(4)37-23(16)27(29,30)31)33-22-13-20(35-36-22)15-10-11-21(40-5)18(28)12-15/h6-12,14H,13H2,1-5H3,(H2,32,33,34,36,39). The molecule has 0 unspecified atom stereocenters. The summed E-state index contributed by atoms with van der Waals surface area (Å²) in [6.07, 6.45) is -3.76. The van der Waals surface area contributed by atoms with Crippen molar-refractivity contribution in [2.45, 2.75) is 38.8 Å². The molecule has 9 nitrogen and oxygen atoms in total. The Bertz CT molecular complexity index is 1530. The van der Waals surface area contributed by atoms with E-state index in [9.17, 15) is 22.4 Å². The van der Waals surface area contributed by atoms with Crippen LogP contribution in [0.1, 0.15) is 54.4 Å². The largest absolute Gasteiger partial charge is 0.494 e. The minimum Gasteiger partial charge on any atom is -0.494 e. The molecule has 1 aliphatic heterocycles. The summed E-state index contributed by atoms with van der Waals surface area (Å²) < 4.78 is 60.7. The minimum absolute atomic E-state index is 0.0764. The van der Waals surface area contributed by atoms with Crippen molar-refractivity contribution < 1.29 is 27.1 Å². The number of methoxy groups -OCH3 is 1. The maximum absolute atomic E-state index is 14.2. The fraction of sp³-hybridized carbons (Fsp3) is 0.296. The van der Waals surface area contributed by atoms with Gasteiger partial charge in [-0.25, -0.2) is 9.38 Å². The number of benzene rings is 2. The van der Waals surface area contributed by atoms with Gasteiger partial charge in [-0.05, 0) is 35.2 Å². The molecule has 210 valence electrons. The molecule has 1 aromatic heterocycles. The lowest BCUT2D eigenvalue weighted by Gasteiger charge is -2.21. The number of carbonyl (C=O) groups is 1. The Balaban J connectivity index is 1.70. The smallest absolute Gasteiger partial charge is 0.435 e. The Morgan fingerprint density at radius 2 is 1.88 bits per heavy atom. The van der Waals surface area contributed by atoms with Gasteiger partial charge in [-0.1, -0.05) is 39.0 Å². The minimum atomic E-state index is -4.85. The molecule has 40 heavy (non-hydrogen) atoms. The van der Waals surface area contributed by atoms with Crippen LogP contribution in [-0.2, 0) is 18.6 Å². The third-order valence-corrected chi connectivity index (χ3v) is 5.89. The summed E-state index contributed by atoms with van der Waals surface area (Å²) in [5, 5.41) is 9.97. The molecule has 0 radical (unpaired) electrons.